The third kappa shape index (κ3) is 6.91. The second-order valence-corrected chi connectivity index (χ2v) is 5.00. The molecule has 4 heteroatoms. The average Bonchev–Trinajstić information content (AvgIpc) is 2.48. The highest BCUT2D eigenvalue weighted by atomic mass is 16.5. The molecule has 1 aromatic carbocycles. The van der Waals surface area contributed by atoms with Gasteiger partial charge in [-0.3, -0.25) is 4.79 Å². The van der Waals surface area contributed by atoms with E-state index in [4.69, 9.17) is 9.84 Å². The molecule has 1 aromatic rings. The second kappa shape index (κ2) is 9.59. The number of rotatable bonds is 8. The topological polar surface area (TPSA) is 63.6 Å². The Morgan fingerprint density at radius 3 is 2.41 bits per heavy atom. The van der Waals surface area contributed by atoms with Gasteiger partial charge in [-0.1, -0.05) is 29.8 Å². The molecule has 0 aliphatic carbocycles. The number of carbonyl (C=O) groups is 2. The van der Waals surface area contributed by atoms with Crippen molar-refractivity contribution in [1.82, 2.24) is 0 Å². The number of unbranched alkanes of at least 4 members (excludes halogenated alkanes) is 1. The van der Waals surface area contributed by atoms with Crippen LogP contribution in [0.15, 0.2) is 35.6 Å². The van der Waals surface area contributed by atoms with Crippen molar-refractivity contribution in [3.63, 3.8) is 0 Å². The van der Waals surface area contributed by atoms with Crippen molar-refractivity contribution in [3.8, 4) is 0 Å². The molecule has 4 nitrogen and oxygen atoms in total. The molecule has 0 aliphatic heterocycles. The zero-order valence-corrected chi connectivity index (χ0v) is 13.1. The molecule has 1 rings (SSSR count). The summed E-state index contributed by atoms with van der Waals surface area (Å²) >= 11 is 0. The molecule has 118 valence electrons. The summed E-state index contributed by atoms with van der Waals surface area (Å²) in [4.78, 5) is 22.4. The van der Waals surface area contributed by atoms with Crippen LogP contribution in [0.3, 0.4) is 0 Å². The Kier molecular flexibility index (Phi) is 7.73. The molecule has 0 aromatic heterocycles. The summed E-state index contributed by atoms with van der Waals surface area (Å²) in [7, 11) is 0. The monoisotopic (exact) mass is 302 g/mol. The minimum absolute atomic E-state index is 0.109. The van der Waals surface area contributed by atoms with Gasteiger partial charge in [0.15, 0.2) is 0 Å². The van der Waals surface area contributed by atoms with Crippen LogP contribution >= 0.6 is 0 Å². The number of aliphatic carboxylic acids is 1. The molecule has 0 heterocycles. The molecule has 0 saturated carbocycles. The predicted octanol–water partition coefficient (Wildman–Crippen LogP) is 3.74. The van der Waals surface area contributed by atoms with Gasteiger partial charge < -0.3 is 9.84 Å². The molecule has 0 bridgehead atoms. The quantitative estimate of drug-likeness (QED) is 0.344. The van der Waals surface area contributed by atoms with E-state index in [9.17, 15) is 9.59 Å². The number of esters is 1. The number of aryl methyl sites for hydroxylation is 1. The summed E-state index contributed by atoms with van der Waals surface area (Å²) in [6.45, 7) is 4.07. The van der Waals surface area contributed by atoms with E-state index in [1.807, 2.05) is 31.2 Å². The van der Waals surface area contributed by atoms with E-state index in [0.717, 1.165) is 5.56 Å². The van der Waals surface area contributed by atoms with Crippen LogP contribution in [-0.2, 0) is 14.3 Å². The molecule has 0 aliphatic rings. The van der Waals surface area contributed by atoms with Crippen molar-refractivity contribution in [3.05, 3.63) is 46.7 Å². The van der Waals surface area contributed by atoms with Gasteiger partial charge in [0.2, 0.25) is 0 Å². The fraction of sp³-hybridized carbons (Fsp3) is 0.389. The lowest BCUT2D eigenvalue weighted by Gasteiger charge is -2.04. The first-order chi connectivity index (χ1) is 10.5. The van der Waals surface area contributed by atoms with Crippen molar-refractivity contribution >= 4 is 18.0 Å². The molecule has 0 unspecified atom stereocenters. The average molecular weight is 302 g/mol. The number of carboxylic acids is 1. The maximum absolute atomic E-state index is 11.9. The second-order valence-electron chi connectivity index (χ2n) is 5.00. The normalized spacial score (nSPS) is 9.73. The Labute approximate surface area is 131 Å². The standard InChI is InChI=1S/C18H22O4/c1-3-22-18(21)16(6-4-5-7-17(19)20)13-12-15-10-8-14(2)9-11-15/h8-12H,3-7H2,1-2H3,(H,19,20). The van der Waals surface area contributed by atoms with Crippen LogP contribution in [-0.4, -0.2) is 23.7 Å². The lowest BCUT2D eigenvalue weighted by Crippen LogP contribution is -2.07. The van der Waals surface area contributed by atoms with Crippen molar-refractivity contribution < 1.29 is 19.4 Å². The Balaban J connectivity index is 2.79. The Morgan fingerprint density at radius 2 is 1.82 bits per heavy atom. The molecule has 22 heavy (non-hydrogen) atoms. The van der Waals surface area contributed by atoms with E-state index >= 15 is 0 Å². The number of carboxylic acid groups (broad SMARTS) is 1. The Hall–Kier alpha value is -2.32. The summed E-state index contributed by atoms with van der Waals surface area (Å²) in [5.41, 5.74) is 5.57. The van der Waals surface area contributed by atoms with Crippen molar-refractivity contribution in [2.45, 2.75) is 39.5 Å². The summed E-state index contributed by atoms with van der Waals surface area (Å²) in [6.07, 6.45) is 3.48. The van der Waals surface area contributed by atoms with Crippen LogP contribution in [0.25, 0.3) is 6.08 Å². The van der Waals surface area contributed by atoms with E-state index in [1.54, 1.807) is 13.0 Å². The van der Waals surface area contributed by atoms with Crippen LogP contribution in [0.5, 0.6) is 0 Å². The first-order valence-corrected chi connectivity index (χ1v) is 7.44. The van der Waals surface area contributed by atoms with Crippen molar-refractivity contribution in [1.29, 1.82) is 0 Å². The van der Waals surface area contributed by atoms with Gasteiger partial charge in [0.25, 0.3) is 0 Å². The molecule has 0 fully saturated rings. The zero-order valence-electron chi connectivity index (χ0n) is 13.1. The molecule has 0 amide bonds. The predicted molar refractivity (Wildman–Crippen MR) is 85.4 cm³/mol. The molecule has 0 radical (unpaired) electrons. The largest absolute Gasteiger partial charge is 0.481 e. The molecular weight excluding hydrogens is 280 g/mol. The van der Waals surface area contributed by atoms with Gasteiger partial charge in [-0.25, -0.2) is 4.79 Å². The Morgan fingerprint density at radius 1 is 1.18 bits per heavy atom. The van der Waals surface area contributed by atoms with E-state index < -0.39 is 5.97 Å². The minimum Gasteiger partial charge on any atom is -0.481 e. The summed E-state index contributed by atoms with van der Waals surface area (Å²) in [5.74, 6) is -1.21. The first-order valence-electron chi connectivity index (χ1n) is 7.44. The highest BCUT2D eigenvalue weighted by Crippen LogP contribution is 2.12. The van der Waals surface area contributed by atoms with E-state index in [1.165, 1.54) is 5.56 Å². The Bertz CT molecular complexity index is 563. The lowest BCUT2D eigenvalue weighted by atomic mass is 10.1. The minimum atomic E-state index is -0.822. The van der Waals surface area contributed by atoms with Crippen LogP contribution in [0.2, 0.25) is 0 Å². The van der Waals surface area contributed by atoms with Crippen LogP contribution < -0.4 is 0 Å². The zero-order chi connectivity index (χ0) is 16.4. The van der Waals surface area contributed by atoms with Crippen molar-refractivity contribution in [2.24, 2.45) is 0 Å². The van der Waals surface area contributed by atoms with E-state index in [0.29, 0.717) is 31.4 Å². The van der Waals surface area contributed by atoms with Gasteiger partial charge >= 0.3 is 11.9 Å². The van der Waals surface area contributed by atoms with Crippen LogP contribution in [0.4, 0.5) is 0 Å². The summed E-state index contributed by atoms with van der Waals surface area (Å²) in [6, 6.07) is 7.89. The van der Waals surface area contributed by atoms with Crippen LogP contribution in [0, 0.1) is 6.92 Å². The van der Waals surface area contributed by atoms with Gasteiger partial charge in [0, 0.05) is 6.42 Å². The third-order valence-corrected chi connectivity index (χ3v) is 3.08. The third-order valence-electron chi connectivity index (χ3n) is 3.08. The van der Waals surface area contributed by atoms with E-state index in [-0.39, 0.29) is 12.4 Å². The SMILES string of the molecule is CCOC(=O)C(=C=Cc1ccc(C)cc1)CCCCC(=O)O. The summed E-state index contributed by atoms with van der Waals surface area (Å²) < 4.78 is 5.01. The maximum atomic E-state index is 11.9. The number of hydrogen-bond acceptors (Lipinski definition) is 3. The number of ether oxygens (including phenoxy) is 1. The molecular formula is C18H22O4. The molecule has 0 saturated heterocycles. The maximum Gasteiger partial charge on any atom is 0.341 e. The van der Waals surface area contributed by atoms with Gasteiger partial charge in [-0.05, 0) is 44.7 Å². The fourth-order valence-corrected chi connectivity index (χ4v) is 1.86. The highest BCUT2D eigenvalue weighted by molar-refractivity contribution is 5.88. The van der Waals surface area contributed by atoms with Gasteiger partial charge in [0.05, 0.1) is 12.2 Å². The summed E-state index contributed by atoms with van der Waals surface area (Å²) in [5, 5.41) is 8.63. The fourth-order valence-electron chi connectivity index (χ4n) is 1.86. The smallest absolute Gasteiger partial charge is 0.341 e. The first kappa shape index (κ1) is 17.7. The van der Waals surface area contributed by atoms with Gasteiger partial charge in [-0.15, -0.1) is 5.73 Å². The molecule has 1 N–H and O–H groups in total. The number of hydrogen-bond donors (Lipinski definition) is 1. The highest BCUT2D eigenvalue weighted by Gasteiger charge is 2.10. The van der Waals surface area contributed by atoms with Gasteiger partial charge in [-0.2, -0.15) is 0 Å². The number of benzene rings is 1. The van der Waals surface area contributed by atoms with Crippen molar-refractivity contribution in [2.75, 3.05) is 6.61 Å². The van der Waals surface area contributed by atoms with E-state index in [2.05, 4.69) is 5.73 Å². The molecule has 0 atom stereocenters. The number of carbonyl (C=O) groups excluding carboxylic acids is 1. The van der Waals surface area contributed by atoms with Gasteiger partial charge in [0.1, 0.15) is 0 Å². The molecule has 0 spiro atoms. The van der Waals surface area contributed by atoms with Crippen LogP contribution in [0.1, 0.15) is 43.7 Å². The lowest BCUT2D eigenvalue weighted by molar-refractivity contribution is -0.138.